The maximum Gasteiger partial charge on any atom is 0.391 e. The summed E-state index contributed by atoms with van der Waals surface area (Å²) in [7, 11) is 1.98. The number of urea groups is 1. The zero-order chi connectivity index (χ0) is 27.4. The van der Waals surface area contributed by atoms with Gasteiger partial charge < -0.3 is 20.9 Å². The number of aromatic amines is 1. The third kappa shape index (κ3) is 7.13. The largest absolute Gasteiger partial charge is 0.391 e. The van der Waals surface area contributed by atoms with Gasteiger partial charge in [0.25, 0.3) is 0 Å². The van der Waals surface area contributed by atoms with Crippen molar-refractivity contribution in [1.29, 1.82) is 0 Å². The molecule has 4 N–H and O–H groups in total. The van der Waals surface area contributed by atoms with Crippen molar-refractivity contribution in [3.05, 3.63) is 24.0 Å². The van der Waals surface area contributed by atoms with E-state index < -0.39 is 18.1 Å². The van der Waals surface area contributed by atoms with Gasteiger partial charge >= 0.3 is 12.2 Å². The number of anilines is 3. The Hall–Kier alpha value is -3.05. The molecule has 3 saturated carbocycles. The Balaban J connectivity index is 1.08. The van der Waals surface area contributed by atoms with E-state index in [0.29, 0.717) is 30.5 Å². The molecule has 0 spiro atoms. The minimum Gasteiger partial charge on any atom is -0.341 e. The zero-order valence-electron chi connectivity index (χ0n) is 22.4. The van der Waals surface area contributed by atoms with Crippen LogP contribution < -0.4 is 20.9 Å². The molecule has 0 aromatic carbocycles. The number of aromatic nitrogens is 4. The van der Waals surface area contributed by atoms with Crippen LogP contribution >= 0.6 is 0 Å². The molecule has 39 heavy (non-hydrogen) atoms. The summed E-state index contributed by atoms with van der Waals surface area (Å²) in [5, 5.41) is 16.6. The number of rotatable bonds is 7. The standard InChI is InChI=1S/C27H39F3N8O/c1-38(25-31-14-13-23(35-25)34-24-16-22(36-37-24)17-5-2-3-6-17)21-11-9-19(10-12-21)32-26(39)33-20-8-4-7-18(15-20)27(28,29)30/h13-14,16-21H,2-12,15H2,1H3,(H2,32,33,39)(H2,31,34,35,36,37)/t18-,19-,20+,21-/m1/s1. The van der Waals surface area contributed by atoms with E-state index in [1.54, 1.807) is 6.20 Å². The average molecular weight is 549 g/mol. The fourth-order valence-electron chi connectivity index (χ4n) is 6.37. The Morgan fingerprint density at radius 3 is 2.46 bits per heavy atom. The predicted molar refractivity (Wildman–Crippen MR) is 143 cm³/mol. The number of alkyl halides is 3. The highest BCUT2D eigenvalue weighted by Gasteiger charge is 2.42. The lowest BCUT2D eigenvalue weighted by Gasteiger charge is -2.35. The average Bonchev–Trinajstić information content (AvgIpc) is 3.61. The molecular weight excluding hydrogens is 509 g/mol. The Labute approximate surface area is 227 Å². The summed E-state index contributed by atoms with van der Waals surface area (Å²) >= 11 is 0. The second-order valence-corrected chi connectivity index (χ2v) is 11.4. The molecular formula is C27H39F3N8O. The number of amides is 2. The molecule has 3 aliphatic rings. The fraction of sp³-hybridized carbons (Fsp3) is 0.704. The number of carbonyl (C=O) groups is 1. The Morgan fingerprint density at radius 2 is 1.72 bits per heavy atom. The fourth-order valence-corrected chi connectivity index (χ4v) is 6.37. The summed E-state index contributed by atoms with van der Waals surface area (Å²) in [5.41, 5.74) is 1.17. The van der Waals surface area contributed by atoms with Crippen LogP contribution in [0.2, 0.25) is 0 Å². The summed E-state index contributed by atoms with van der Waals surface area (Å²) in [6.07, 6.45) is 6.94. The minimum absolute atomic E-state index is 0.000647. The van der Waals surface area contributed by atoms with E-state index in [1.807, 2.05) is 13.1 Å². The summed E-state index contributed by atoms with van der Waals surface area (Å²) in [4.78, 5) is 23.7. The normalized spacial score (nSPS) is 26.3. The number of hydrogen-bond donors (Lipinski definition) is 4. The summed E-state index contributed by atoms with van der Waals surface area (Å²) in [5.74, 6) is 1.28. The smallest absolute Gasteiger partial charge is 0.341 e. The molecule has 3 aliphatic carbocycles. The first kappa shape index (κ1) is 27.5. The lowest BCUT2D eigenvalue weighted by atomic mass is 9.85. The lowest BCUT2D eigenvalue weighted by molar-refractivity contribution is -0.183. The van der Waals surface area contributed by atoms with Gasteiger partial charge in [0.05, 0.1) is 5.92 Å². The van der Waals surface area contributed by atoms with E-state index in [-0.39, 0.29) is 31.0 Å². The van der Waals surface area contributed by atoms with Gasteiger partial charge in [-0.3, -0.25) is 5.10 Å². The molecule has 2 amide bonds. The van der Waals surface area contributed by atoms with E-state index >= 15 is 0 Å². The number of carbonyl (C=O) groups excluding carboxylic acids is 1. The summed E-state index contributed by atoms with van der Waals surface area (Å²) in [6, 6.07) is 3.32. The second kappa shape index (κ2) is 12.0. The first-order valence-electron chi connectivity index (χ1n) is 14.3. The molecule has 2 aromatic rings. The van der Waals surface area contributed by atoms with Crippen molar-refractivity contribution in [1.82, 2.24) is 30.8 Å². The highest BCUT2D eigenvalue weighted by molar-refractivity contribution is 5.74. The molecule has 214 valence electrons. The molecule has 9 nitrogen and oxygen atoms in total. The molecule has 2 heterocycles. The van der Waals surface area contributed by atoms with Crippen molar-refractivity contribution >= 4 is 23.6 Å². The highest BCUT2D eigenvalue weighted by Crippen LogP contribution is 2.37. The molecule has 3 fully saturated rings. The first-order valence-corrected chi connectivity index (χ1v) is 14.3. The molecule has 0 bridgehead atoms. The topological polar surface area (TPSA) is 111 Å². The highest BCUT2D eigenvalue weighted by atomic mass is 19.4. The van der Waals surface area contributed by atoms with Crippen LogP contribution in [0.1, 0.15) is 88.7 Å². The van der Waals surface area contributed by atoms with Gasteiger partial charge in [0.1, 0.15) is 5.82 Å². The van der Waals surface area contributed by atoms with Gasteiger partial charge in [-0.2, -0.15) is 23.3 Å². The monoisotopic (exact) mass is 548 g/mol. The van der Waals surface area contributed by atoms with Crippen molar-refractivity contribution in [2.75, 3.05) is 17.3 Å². The Morgan fingerprint density at radius 1 is 0.974 bits per heavy atom. The minimum atomic E-state index is -4.20. The van der Waals surface area contributed by atoms with E-state index in [2.05, 4.69) is 42.1 Å². The SMILES string of the molecule is CN(c1nccc(Nc2cc(C3CCCC3)[nH]n2)n1)[C@H]1CC[C@H](NC(=O)N[C@H]2CCC[C@@H](C(F)(F)F)C2)CC1. The predicted octanol–water partition coefficient (Wildman–Crippen LogP) is 5.77. The molecule has 0 saturated heterocycles. The Bertz CT molecular complexity index is 1090. The Kier molecular flexibility index (Phi) is 8.46. The molecule has 0 unspecified atom stereocenters. The maximum atomic E-state index is 13.1. The van der Waals surface area contributed by atoms with Crippen LogP contribution in [0.25, 0.3) is 0 Å². The molecule has 0 aliphatic heterocycles. The number of H-pyrrole nitrogens is 1. The van der Waals surface area contributed by atoms with Gasteiger partial charge in [0, 0.05) is 49.0 Å². The second-order valence-electron chi connectivity index (χ2n) is 11.4. The summed E-state index contributed by atoms with van der Waals surface area (Å²) < 4.78 is 39.2. The van der Waals surface area contributed by atoms with Gasteiger partial charge in [0.15, 0.2) is 5.82 Å². The molecule has 2 aromatic heterocycles. The van der Waals surface area contributed by atoms with E-state index in [9.17, 15) is 18.0 Å². The van der Waals surface area contributed by atoms with Crippen molar-refractivity contribution in [3.63, 3.8) is 0 Å². The van der Waals surface area contributed by atoms with E-state index in [1.165, 1.54) is 31.4 Å². The van der Waals surface area contributed by atoms with E-state index in [0.717, 1.165) is 31.5 Å². The number of nitrogens with zero attached hydrogens (tertiary/aromatic N) is 4. The molecule has 5 rings (SSSR count). The van der Waals surface area contributed by atoms with Gasteiger partial charge in [-0.15, -0.1) is 0 Å². The van der Waals surface area contributed by atoms with E-state index in [4.69, 9.17) is 4.98 Å². The molecule has 12 heteroatoms. The van der Waals surface area contributed by atoms with Crippen molar-refractivity contribution in [2.45, 2.75) is 107 Å². The third-order valence-corrected chi connectivity index (χ3v) is 8.66. The number of nitrogens with one attached hydrogen (secondary N) is 4. The number of hydrogen-bond acceptors (Lipinski definition) is 6. The van der Waals surface area contributed by atoms with Crippen molar-refractivity contribution < 1.29 is 18.0 Å². The van der Waals surface area contributed by atoms with Crippen LogP contribution in [-0.2, 0) is 0 Å². The molecule has 2 atom stereocenters. The van der Waals surface area contributed by atoms with Gasteiger partial charge in [-0.25, -0.2) is 9.78 Å². The van der Waals surface area contributed by atoms with Crippen molar-refractivity contribution in [2.24, 2.45) is 5.92 Å². The first-order chi connectivity index (χ1) is 18.7. The maximum absolute atomic E-state index is 13.1. The quantitative estimate of drug-likeness (QED) is 0.350. The molecule has 0 radical (unpaired) electrons. The van der Waals surface area contributed by atoms with Crippen LogP contribution in [0, 0.1) is 5.92 Å². The van der Waals surface area contributed by atoms with Crippen molar-refractivity contribution in [3.8, 4) is 0 Å². The lowest BCUT2D eigenvalue weighted by Crippen LogP contribution is -2.50. The van der Waals surface area contributed by atoms with Gasteiger partial charge in [0.2, 0.25) is 5.95 Å². The van der Waals surface area contributed by atoms with Crippen LogP contribution in [0.3, 0.4) is 0 Å². The van der Waals surface area contributed by atoms with Gasteiger partial charge in [-0.1, -0.05) is 19.3 Å². The summed E-state index contributed by atoms with van der Waals surface area (Å²) in [6.45, 7) is 0. The zero-order valence-corrected chi connectivity index (χ0v) is 22.4. The third-order valence-electron chi connectivity index (χ3n) is 8.66. The number of halogens is 3. The van der Waals surface area contributed by atoms with Crippen LogP contribution in [0.4, 0.5) is 35.5 Å². The van der Waals surface area contributed by atoms with Crippen LogP contribution in [0.5, 0.6) is 0 Å². The van der Waals surface area contributed by atoms with Crippen LogP contribution in [0.15, 0.2) is 18.3 Å². The van der Waals surface area contributed by atoms with Gasteiger partial charge in [-0.05, 0) is 63.9 Å². The van der Waals surface area contributed by atoms with Crippen LogP contribution in [-0.4, -0.2) is 57.5 Å².